The van der Waals surface area contributed by atoms with Crippen molar-refractivity contribution in [2.24, 2.45) is 0 Å². The number of aromatic nitrogens is 2. The van der Waals surface area contributed by atoms with Gasteiger partial charge in [-0.3, -0.25) is 4.79 Å². The molecular weight excluding hydrogens is 357 g/mol. The summed E-state index contributed by atoms with van der Waals surface area (Å²) >= 11 is 1.70. The van der Waals surface area contributed by atoms with Crippen LogP contribution in [-0.4, -0.2) is 27.1 Å². The van der Waals surface area contributed by atoms with Crippen molar-refractivity contribution in [3.05, 3.63) is 62.5 Å². The van der Waals surface area contributed by atoms with E-state index in [1.807, 2.05) is 18.4 Å². The highest BCUT2D eigenvalue weighted by molar-refractivity contribution is 7.10. The molecule has 6 nitrogen and oxygen atoms in total. The van der Waals surface area contributed by atoms with Crippen LogP contribution in [0.15, 0.2) is 44.9 Å². The highest BCUT2D eigenvalue weighted by Crippen LogP contribution is 2.32. The van der Waals surface area contributed by atoms with Crippen molar-refractivity contribution in [3.63, 3.8) is 0 Å². The number of halogens is 1. The summed E-state index contributed by atoms with van der Waals surface area (Å²) < 4.78 is 19.1. The fraction of sp³-hybridized carbons (Fsp3) is 0.278. The predicted octanol–water partition coefficient (Wildman–Crippen LogP) is 2.85. The average Bonchev–Trinajstić information content (AvgIpc) is 3.23. The van der Waals surface area contributed by atoms with E-state index < -0.39 is 11.6 Å². The molecule has 4 rings (SSSR count). The van der Waals surface area contributed by atoms with Gasteiger partial charge in [0.2, 0.25) is 11.8 Å². The van der Waals surface area contributed by atoms with E-state index in [1.165, 1.54) is 29.1 Å². The average molecular weight is 373 g/mol. The minimum absolute atomic E-state index is 0.0309. The van der Waals surface area contributed by atoms with Crippen LogP contribution in [0.3, 0.4) is 0 Å². The third kappa shape index (κ3) is 2.96. The molecule has 1 amide bonds. The Morgan fingerprint density at radius 2 is 2.12 bits per heavy atom. The maximum atomic E-state index is 13.0. The van der Waals surface area contributed by atoms with Crippen LogP contribution in [-0.2, 0) is 17.8 Å². The molecule has 1 aliphatic rings. The van der Waals surface area contributed by atoms with E-state index in [9.17, 15) is 14.0 Å². The van der Waals surface area contributed by atoms with Crippen molar-refractivity contribution >= 4 is 17.2 Å². The molecule has 26 heavy (non-hydrogen) atoms. The first-order chi connectivity index (χ1) is 12.5. The van der Waals surface area contributed by atoms with Crippen molar-refractivity contribution < 1.29 is 13.6 Å². The minimum Gasteiger partial charge on any atom is -0.388 e. The Morgan fingerprint density at radius 1 is 1.35 bits per heavy atom. The van der Waals surface area contributed by atoms with Crippen LogP contribution in [0.4, 0.5) is 4.39 Å². The van der Waals surface area contributed by atoms with Gasteiger partial charge in [0, 0.05) is 17.0 Å². The van der Waals surface area contributed by atoms with E-state index in [2.05, 4.69) is 5.10 Å². The zero-order valence-electron chi connectivity index (χ0n) is 14.0. The van der Waals surface area contributed by atoms with Gasteiger partial charge in [-0.25, -0.2) is 9.18 Å². The van der Waals surface area contributed by atoms with Gasteiger partial charge in [0.1, 0.15) is 12.4 Å². The monoisotopic (exact) mass is 373 g/mol. The van der Waals surface area contributed by atoms with Gasteiger partial charge < -0.3 is 9.32 Å². The zero-order valence-corrected chi connectivity index (χ0v) is 14.8. The fourth-order valence-electron chi connectivity index (χ4n) is 3.18. The van der Waals surface area contributed by atoms with Gasteiger partial charge in [0.25, 0.3) is 0 Å². The molecule has 1 aliphatic heterocycles. The highest BCUT2D eigenvalue weighted by atomic mass is 32.1. The summed E-state index contributed by atoms with van der Waals surface area (Å²) in [4.78, 5) is 27.8. The summed E-state index contributed by atoms with van der Waals surface area (Å²) in [6.07, 6.45) is 0.817. The number of benzene rings is 1. The SMILES string of the molecule is C[C@@H]1c2ccsc2CCN1C(=O)Cn1nc(-c2ccc(F)cc2)oc1=O. The molecule has 134 valence electrons. The molecule has 2 aromatic heterocycles. The zero-order chi connectivity index (χ0) is 18.3. The van der Waals surface area contributed by atoms with Crippen LogP contribution in [0.2, 0.25) is 0 Å². The first-order valence-electron chi connectivity index (χ1n) is 8.22. The molecule has 0 spiro atoms. The van der Waals surface area contributed by atoms with Gasteiger partial charge in [-0.05, 0) is 54.6 Å². The Balaban J connectivity index is 1.53. The van der Waals surface area contributed by atoms with E-state index >= 15 is 0 Å². The van der Waals surface area contributed by atoms with Crippen LogP contribution < -0.4 is 5.76 Å². The topological polar surface area (TPSA) is 68.3 Å². The molecule has 0 fully saturated rings. The van der Waals surface area contributed by atoms with Crippen molar-refractivity contribution in [1.82, 2.24) is 14.7 Å². The number of thiophene rings is 1. The van der Waals surface area contributed by atoms with Crippen molar-refractivity contribution in [3.8, 4) is 11.5 Å². The van der Waals surface area contributed by atoms with Crippen LogP contribution >= 0.6 is 11.3 Å². The summed E-state index contributed by atoms with van der Waals surface area (Å²) in [6, 6.07) is 7.46. The van der Waals surface area contributed by atoms with Crippen LogP contribution in [0.5, 0.6) is 0 Å². The van der Waals surface area contributed by atoms with Gasteiger partial charge in [-0.15, -0.1) is 16.4 Å². The molecule has 0 aliphatic carbocycles. The maximum Gasteiger partial charge on any atom is 0.437 e. The quantitative estimate of drug-likeness (QED) is 0.708. The Kier molecular flexibility index (Phi) is 4.20. The lowest BCUT2D eigenvalue weighted by Crippen LogP contribution is -2.41. The number of amides is 1. The molecular formula is C18H16FN3O3S. The number of rotatable bonds is 3. The lowest BCUT2D eigenvalue weighted by atomic mass is 10.0. The molecule has 0 N–H and O–H groups in total. The Hall–Kier alpha value is -2.74. The van der Waals surface area contributed by atoms with Gasteiger partial charge in [-0.2, -0.15) is 4.68 Å². The second kappa shape index (κ2) is 6.53. The molecule has 3 aromatic rings. The number of carbonyl (C=O) groups is 1. The van der Waals surface area contributed by atoms with Gasteiger partial charge in [-0.1, -0.05) is 0 Å². The van der Waals surface area contributed by atoms with Gasteiger partial charge >= 0.3 is 5.76 Å². The van der Waals surface area contributed by atoms with Crippen molar-refractivity contribution in [2.45, 2.75) is 25.9 Å². The molecule has 8 heteroatoms. The predicted molar refractivity (Wildman–Crippen MR) is 94.3 cm³/mol. The maximum absolute atomic E-state index is 13.0. The highest BCUT2D eigenvalue weighted by Gasteiger charge is 2.29. The third-order valence-corrected chi connectivity index (χ3v) is 5.58. The number of fused-ring (bicyclic) bond motifs is 1. The summed E-state index contributed by atoms with van der Waals surface area (Å²) in [5.74, 6) is -1.22. The number of carbonyl (C=O) groups excluding carboxylic acids is 1. The molecule has 0 unspecified atom stereocenters. The van der Waals surface area contributed by atoms with Crippen LogP contribution in [0.1, 0.15) is 23.4 Å². The molecule has 0 radical (unpaired) electrons. The summed E-state index contributed by atoms with van der Waals surface area (Å²) in [5, 5.41) is 6.11. The van der Waals surface area contributed by atoms with Crippen molar-refractivity contribution in [1.29, 1.82) is 0 Å². The number of hydrogen-bond acceptors (Lipinski definition) is 5. The molecule has 1 atom stereocenters. The Morgan fingerprint density at radius 3 is 2.88 bits per heavy atom. The normalized spacial score (nSPS) is 16.5. The second-order valence-corrected chi connectivity index (χ2v) is 7.15. The summed E-state index contributed by atoms with van der Waals surface area (Å²) in [6.45, 7) is 2.41. The van der Waals surface area contributed by atoms with Gasteiger partial charge in [0.15, 0.2) is 0 Å². The van der Waals surface area contributed by atoms with E-state index in [1.54, 1.807) is 16.2 Å². The first-order valence-corrected chi connectivity index (χ1v) is 9.10. The molecule has 0 saturated heterocycles. The summed E-state index contributed by atoms with van der Waals surface area (Å²) in [7, 11) is 0. The van der Waals surface area contributed by atoms with Gasteiger partial charge in [0.05, 0.1) is 6.04 Å². The second-order valence-electron chi connectivity index (χ2n) is 6.15. The smallest absolute Gasteiger partial charge is 0.388 e. The number of nitrogens with zero attached hydrogens (tertiary/aromatic N) is 3. The van der Waals surface area contributed by atoms with Crippen molar-refractivity contribution in [2.75, 3.05) is 6.54 Å². The lowest BCUT2D eigenvalue weighted by Gasteiger charge is -2.33. The first kappa shape index (κ1) is 16.7. The number of hydrogen-bond donors (Lipinski definition) is 0. The van der Waals surface area contributed by atoms with E-state index in [0.29, 0.717) is 12.1 Å². The minimum atomic E-state index is -0.710. The standard InChI is InChI=1S/C18H16FN3O3S/c1-11-14-7-9-26-15(14)6-8-21(11)16(23)10-22-18(24)25-17(20-22)12-2-4-13(19)5-3-12/h2-5,7,9,11H,6,8,10H2,1H3/t11-/m1/s1. The molecule has 1 aromatic carbocycles. The Labute approximate surface area is 152 Å². The fourth-order valence-corrected chi connectivity index (χ4v) is 4.15. The molecule has 3 heterocycles. The third-order valence-electron chi connectivity index (χ3n) is 4.58. The summed E-state index contributed by atoms with van der Waals surface area (Å²) in [5.41, 5.74) is 1.64. The Bertz CT molecular complexity index is 1010. The van der Waals surface area contributed by atoms with E-state index in [0.717, 1.165) is 16.7 Å². The largest absolute Gasteiger partial charge is 0.437 e. The van der Waals surface area contributed by atoms with E-state index in [-0.39, 0.29) is 24.4 Å². The molecule has 0 bridgehead atoms. The van der Waals surface area contributed by atoms with Crippen LogP contribution in [0.25, 0.3) is 11.5 Å². The lowest BCUT2D eigenvalue weighted by molar-refractivity contribution is -0.134. The molecule has 0 saturated carbocycles. The van der Waals surface area contributed by atoms with E-state index in [4.69, 9.17) is 4.42 Å². The van der Waals surface area contributed by atoms with Crippen LogP contribution in [0, 0.1) is 5.82 Å².